The second kappa shape index (κ2) is 3.49. The van der Waals surface area contributed by atoms with E-state index in [0.717, 1.165) is 15.8 Å². The van der Waals surface area contributed by atoms with Crippen molar-refractivity contribution >= 4 is 32.7 Å². The smallest absolute Gasteiger partial charge is 0.126 e. The molecule has 1 aromatic heterocycles. The number of anilines is 1. The molecule has 2 nitrogen and oxygen atoms in total. The fraction of sp³-hybridized carbons (Fsp3) is 0.250. The van der Waals surface area contributed by atoms with Gasteiger partial charge in [-0.2, -0.15) is 0 Å². The van der Waals surface area contributed by atoms with Gasteiger partial charge in [0.15, 0.2) is 0 Å². The summed E-state index contributed by atoms with van der Waals surface area (Å²) in [5.74, 6) is 0.993. The van der Waals surface area contributed by atoms with Gasteiger partial charge in [-0.05, 0) is 43.2 Å². The molecular formula is C12H11BrN2. The Balaban J connectivity index is 2.01. The highest BCUT2D eigenvalue weighted by Crippen LogP contribution is 2.25. The molecule has 76 valence electrons. The van der Waals surface area contributed by atoms with Gasteiger partial charge in [0.25, 0.3) is 0 Å². The van der Waals surface area contributed by atoms with Gasteiger partial charge in [-0.25, -0.2) is 4.98 Å². The number of fused-ring (bicyclic) bond motifs is 1. The molecule has 2 aromatic rings. The summed E-state index contributed by atoms with van der Waals surface area (Å²) in [6.45, 7) is 0. The number of halogens is 1. The molecule has 1 fully saturated rings. The predicted molar refractivity (Wildman–Crippen MR) is 66.1 cm³/mol. The highest BCUT2D eigenvalue weighted by molar-refractivity contribution is 9.10. The van der Waals surface area contributed by atoms with Gasteiger partial charge in [-0.15, -0.1) is 0 Å². The van der Waals surface area contributed by atoms with Gasteiger partial charge in [0.2, 0.25) is 0 Å². The minimum absolute atomic E-state index is 0.658. The molecule has 1 N–H and O–H groups in total. The van der Waals surface area contributed by atoms with E-state index in [4.69, 9.17) is 0 Å². The molecule has 0 bridgehead atoms. The van der Waals surface area contributed by atoms with Gasteiger partial charge in [0.05, 0.1) is 5.52 Å². The Morgan fingerprint density at radius 3 is 2.87 bits per heavy atom. The Morgan fingerprint density at radius 2 is 2.07 bits per heavy atom. The van der Waals surface area contributed by atoms with Crippen LogP contribution in [0.15, 0.2) is 34.8 Å². The third-order valence-electron chi connectivity index (χ3n) is 2.58. The molecule has 0 spiro atoms. The van der Waals surface area contributed by atoms with E-state index in [1.54, 1.807) is 0 Å². The van der Waals surface area contributed by atoms with E-state index in [0.29, 0.717) is 6.04 Å². The molecule has 15 heavy (non-hydrogen) atoms. The van der Waals surface area contributed by atoms with Crippen molar-refractivity contribution in [3.8, 4) is 0 Å². The predicted octanol–water partition coefficient (Wildman–Crippen LogP) is 3.57. The summed E-state index contributed by atoms with van der Waals surface area (Å²) in [5.41, 5.74) is 1.05. The number of hydrogen-bond acceptors (Lipinski definition) is 2. The molecule has 0 unspecified atom stereocenters. The first kappa shape index (κ1) is 9.16. The molecule has 1 heterocycles. The van der Waals surface area contributed by atoms with E-state index in [-0.39, 0.29) is 0 Å². The maximum atomic E-state index is 4.56. The molecule has 0 radical (unpaired) electrons. The lowest BCUT2D eigenvalue weighted by Gasteiger charge is -2.04. The van der Waals surface area contributed by atoms with Crippen molar-refractivity contribution < 1.29 is 0 Å². The van der Waals surface area contributed by atoms with Crippen LogP contribution in [0.5, 0.6) is 0 Å². The van der Waals surface area contributed by atoms with Crippen LogP contribution in [-0.2, 0) is 0 Å². The standard InChI is InChI=1S/C12H11BrN2/c13-9-2-5-11-8(7-9)1-6-12(15-11)14-10-3-4-10/h1-2,5-7,10H,3-4H2,(H,14,15). The van der Waals surface area contributed by atoms with Gasteiger partial charge in [-0.3, -0.25) is 0 Å². The zero-order valence-corrected chi connectivity index (χ0v) is 9.79. The summed E-state index contributed by atoms with van der Waals surface area (Å²) >= 11 is 3.46. The lowest BCUT2D eigenvalue weighted by molar-refractivity contribution is 1.12. The molecular weight excluding hydrogens is 252 g/mol. The van der Waals surface area contributed by atoms with E-state index < -0.39 is 0 Å². The van der Waals surface area contributed by atoms with Crippen LogP contribution in [-0.4, -0.2) is 11.0 Å². The van der Waals surface area contributed by atoms with Crippen LogP contribution in [0.4, 0.5) is 5.82 Å². The van der Waals surface area contributed by atoms with Crippen molar-refractivity contribution in [2.45, 2.75) is 18.9 Å². The highest BCUT2D eigenvalue weighted by atomic mass is 79.9. The van der Waals surface area contributed by atoms with Crippen LogP contribution in [0.3, 0.4) is 0 Å². The third kappa shape index (κ3) is 1.97. The van der Waals surface area contributed by atoms with Crippen LogP contribution >= 0.6 is 15.9 Å². The monoisotopic (exact) mass is 262 g/mol. The molecule has 3 heteroatoms. The molecule has 1 aliphatic rings. The zero-order valence-electron chi connectivity index (χ0n) is 8.20. The Kier molecular flexibility index (Phi) is 2.13. The normalized spacial score (nSPS) is 15.5. The van der Waals surface area contributed by atoms with E-state index in [1.807, 2.05) is 18.2 Å². The van der Waals surface area contributed by atoms with Crippen molar-refractivity contribution in [2.75, 3.05) is 5.32 Å². The summed E-state index contributed by atoms with van der Waals surface area (Å²) in [4.78, 5) is 4.56. The summed E-state index contributed by atoms with van der Waals surface area (Å²) in [7, 11) is 0. The van der Waals surface area contributed by atoms with Crippen molar-refractivity contribution in [3.63, 3.8) is 0 Å². The summed E-state index contributed by atoms with van der Waals surface area (Å²) in [6.07, 6.45) is 2.56. The van der Waals surface area contributed by atoms with Crippen LogP contribution in [0.25, 0.3) is 10.9 Å². The number of benzene rings is 1. The molecule has 3 rings (SSSR count). The van der Waals surface area contributed by atoms with Crippen LogP contribution < -0.4 is 5.32 Å². The van der Waals surface area contributed by atoms with Crippen molar-refractivity contribution in [1.82, 2.24) is 4.98 Å². The van der Waals surface area contributed by atoms with Crippen LogP contribution in [0, 0.1) is 0 Å². The average Bonchev–Trinajstić information content (AvgIpc) is 3.02. The summed E-state index contributed by atoms with van der Waals surface area (Å²) in [6, 6.07) is 11.0. The molecule has 1 aromatic carbocycles. The third-order valence-corrected chi connectivity index (χ3v) is 3.07. The van der Waals surface area contributed by atoms with E-state index in [2.05, 4.69) is 38.4 Å². The fourth-order valence-electron chi connectivity index (χ4n) is 1.61. The zero-order chi connectivity index (χ0) is 10.3. The van der Waals surface area contributed by atoms with E-state index in [1.165, 1.54) is 18.2 Å². The number of nitrogens with zero attached hydrogens (tertiary/aromatic N) is 1. The molecule has 0 atom stereocenters. The van der Waals surface area contributed by atoms with Crippen LogP contribution in [0.2, 0.25) is 0 Å². The number of aromatic nitrogens is 1. The minimum Gasteiger partial charge on any atom is -0.367 e. The van der Waals surface area contributed by atoms with Gasteiger partial charge in [-0.1, -0.05) is 15.9 Å². The molecule has 0 aliphatic heterocycles. The van der Waals surface area contributed by atoms with Crippen molar-refractivity contribution in [1.29, 1.82) is 0 Å². The topological polar surface area (TPSA) is 24.9 Å². The minimum atomic E-state index is 0.658. The number of rotatable bonds is 2. The van der Waals surface area contributed by atoms with Gasteiger partial charge in [0, 0.05) is 15.9 Å². The number of hydrogen-bond donors (Lipinski definition) is 1. The summed E-state index contributed by atoms with van der Waals surface area (Å²) in [5, 5.41) is 4.57. The average molecular weight is 263 g/mol. The first-order valence-corrected chi connectivity index (χ1v) is 5.93. The van der Waals surface area contributed by atoms with Crippen molar-refractivity contribution in [2.24, 2.45) is 0 Å². The maximum Gasteiger partial charge on any atom is 0.126 e. The lowest BCUT2D eigenvalue weighted by Crippen LogP contribution is -2.02. The Bertz CT molecular complexity index is 506. The SMILES string of the molecule is Brc1ccc2nc(NC3CC3)ccc2c1. The number of pyridine rings is 1. The molecule has 1 aliphatic carbocycles. The van der Waals surface area contributed by atoms with E-state index in [9.17, 15) is 0 Å². The summed E-state index contributed by atoms with van der Waals surface area (Å²) < 4.78 is 1.10. The quantitative estimate of drug-likeness (QED) is 0.895. The van der Waals surface area contributed by atoms with E-state index >= 15 is 0 Å². The highest BCUT2D eigenvalue weighted by Gasteiger charge is 2.21. The first-order valence-electron chi connectivity index (χ1n) is 5.14. The largest absolute Gasteiger partial charge is 0.367 e. The Hall–Kier alpha value is -1.09. The Morgan fingerprint density at radius 1 is 1.20 bits per heavy atom. The van der Waals surface area contributed by atoms with Gasteiger partial charge < -0.3 is 5.32 Å². The van der Waals surface area contributed by atoms with Gasteiger partial charge >= 0.3 is 0 Å². The second-order valence-electron chi connectivity index (χ2n) is 3.95. The van der Waals surface area contributed by atoms with Crippen molar-refractivity contribution in [3.05, 3.63) is 34.8 Å². The first-order chi connectivity index (χ1) is 7.31. The lowest BCUT2D eigenvalue weighted by atomic mass is 10.2. The van der Waals surface area contributed by atoms with Gasteiger partial charge in [0.1, 0.15) is 5.82 Å². The fourth-order valence-corrected chi connectivity index (χ4v) is 1.99. The second-order valence-corrected chi connectivity index (χ2v) is 4.87. The maximum absolute atomic E-state index is 4.56. The molecule has 1 saturated carbocycles. The number of nitrogens with one attached hydrogen (secondary N) is 1. The van der Waals surface area contributed by atoms with Crippen LogP contribution in [0.1, 0.15) is 12.8 Å². The Labute approximate surface area is 96.8 Å². The molecule has 0 amide bonds. The molecule has 0 saturated heterocycles.